The van der Waals surface area contributed by atoms with E-state index in [-0.39, 0.29) is 17.2 Å². The Morgan fingerprint density at radius 2 is 1.64 bits per heavy atom. The van der Waals surface area contributed by atoms with Gasteiger partial charge in [0.15, 0.2) is 0 Å². The summed E-state index contributed by atoms with van der Waals surface area (Å²) in [6.07, 6.45) is 3.24. The van der Waals surface area contributed by atoms with E-state index >= 15 is 0 Å². The molecule has 1 fully saturated rings. The van der Waals surface area contributed by atoms with Crippen LogP contribution >= 0.6 is 11.8 Å². The number of carbonyl (C=O) groups is 2. The average Bonchev–Trinajstić information content (AvgIpc) is 2.72. The number of aromatic nitrogens is 1. The molecule has 148 valence electrons. The molecule has 0 bridgehead atoms. The molecule has 0 radical (unpaired) electrons. The molecule has 5 nitrogen and oxygen atoms in total. The Labute approximate surface area is 171 Å². The molecule has 1 aromatic heterocycles. The van der Waals surface area contributed by atoms with Crippen LogP contribution in [0.2, 0.25) is 0 Å². The number of rotatable bonds is 4. The fraction of sp³-hybridized carbons (Fsp3) is 0.409. The van der Waals surface area contributed by atoms with Crippen LogP contribution in [-0.4, -0.2) is 58.5 Å². The van der Waals surface area contributed by atoms with Crippen molar-refractivity contribution < 1.29 is 9.59 Å². The van der Waals surface area contributed by atoms with E-state index in [0.717, 1.165) is 4.90 Å². The van der Waals surface area contributed by atoms with Crippen molar-refractivity contribution >= 4 is 23.6 Å². The average molecular weight is 398 g/mol. The summed E-state index contributed by atoms with van der Waals surface area (Å²) in [4.78, 5) is 33.7. The molecule has 0 spiro atoms. The summed E-state index contributed by atoms with van der Waals surface area (Å²) in [5.41, 5.74) is 2.01. The Hall–Kier alpha value is -2.34. The normalized spacial score (nSPS) is 14.8. The summed E-state index contributed by atoms with van der Waals surface area (Å²) in [7, 11) is 0. The lowest BCUT2D eigenvalue weighted by molar-refractivity contribution is -0.129. The van der Waals surface area contributed by atoms with E-state index in [0.29, 0.717) is 37.5 Å². The fourth-order valence-corrected chi connectivity index (χ4v) is 3.92. The van der Waals surface area contributed by atoms with Gasteiger partial charge in [-0.1, -0.05) is 32.9 Å². The molecule has 0 saturated carbocycles. The highest BCUT2D eigenvalue weighted by Crippen LogP contribution is 2.26. The Balaban J connectivity index is 1.47. The van der Waals surface area contributed by atoms with Gasteiger partial charge in [-0.25, -0.2) is 0 Å². The summed E-state index contributed by atoms with van der Waals surface area (Å²) in [5, 5.41) is 0. The van der Waals surface area contributed by atoms with Crippen LogP contribution in [-0.2, 0) is 10.2 Å². The first-order valence-corrected chi connectivity index (χ1v) is 10.5. The maximum Gasteiger partial charge on any atom is 0.255 e. The zero-order valence-electron chi connectivity index (χ0n) is 16.7. The van der Waals surface area contributed by atoms with Crippen molar-refractivity contribution in [1.82, 2.24) is 14.8 Å². The van der Waals surface area contributed by atoms with E-state index in [2.05, 4.69) is 50.0 Å². The molecule has 2 amide bonds. The van der Waals surface area contributed by atoms with Gasteiger partial charge in [-0.15, -0.1) is 11.8 Å². The molecule has 0 unspecified atom stereocenters. The SMILES string of the molecule is CC(C)(C)c1ccc(SCC(=O)N2CCN(C(=O)c3cccnc3)CC2)cc1. The minimum Gasteiger partial charge on any atom is -0.338 e. The van der Waals surface area contributed by atoms with Gasteiger partial charge < -0.3 is 9.80 Å². The summed E-state index contributed by atoms with van der Waals surface area (Å²) in [6, 6.07) is 12.0. The third-order valence-corrected chi connectivity index (χ3v) is 5.91. The minimum absolute atomic E-state index is 0.0199. The number of nitrogens with zero attached hydrogens (tertiary/aromatic N) is 3. The van der Waals surface area contributed by atoms with Crippen molar-refractivity contribution in [3.8, 4) is 0 Å². The number of carbonyl (C=O) groups excluding carboxylic acids is 2. The molecule has 1 aromatic carbocycles. The van der Waals surface area contributed by atoms with Gasteiger partial charge in [-0.3, -0.25) is 14.6 Å². The number of thioether (sulfide) groups is 1. The van der Waals surface area contributed by atoms with Gasteiger partial charge in [0.1, 0.15) is 0 Å². The topological polar surface area (TPSA) is 53.5 Å². The quantitative estimate of drug-likeness (QED) is 0.742. The summed E-state index contributed by atoms with van der Waals surface area (Å²) in [5.74, 6) is 0.526. The molecule has 0 N–H and O–H groups in total. The molecule has 2 aromatic rings. The zero-order valence-corrected chi connectivity index (χ0v) is 17.5. The molecule has 1 aliphatic heterocycles. The summed E-state index contributed by atoms with van der Waals surface area (Å²) in [6.45, 7) is 8.85. The van der Waals surface area contributed by atoms with Gasteiger partial charge in [0.05, 0.1) is 11.3 Å². The lowest BCUT2D eigenvalue weighted by Gasteiger charge is -2.34. The Morgan fingerprint density at radius 3 is 2.21 bits per heavy atom. The molecule has 6 heteroatoms. The van der Waals surface area contributed by atoms with Crippen LogP contribution in [0.5, 0.6) is 0 Å². The molecular weight excluding hydrogens is 370 g/mol. The number of benzene rings is 1. The van der Waals surface area contributed by atoms with E-state index in [9.17, 15) is 9.59 Å². The van der Waals surface area contributed by atoms with Crippen molar-refractivity contribution in [1.29, 1.82) is 0 Å². The van der Waals surface area contributed by atoms with Crippen LogP contribution in [0.15, 0.2) is 53.7 Å². The molecule has 2 heterocycles. The first-order valence-electron chi connectivity index (χ1n) is 9.55. The zero-order chi connectivity index (χ0) is 20.1. The predicted octanol–water partition coefficient (Wildman–Crippen LogP) is 3.46. The van der Waals surface area contributed by atoms with Crippen molar-refractivity contribution in [2.75, 3.05) is 31.9 Å². The maximum absolute atomic E-state index is 12.5. The maximum atomic E-state index is 12.5. The van der Waals surface area contributed by atoms with E-state index < -0.39 is 0 Å². The van der Waals surface area contributed by atoms with E-state index in [1.165, 1.54) is 5.56 Å². The van der Waals surface area contributed by atoms with Crippen LogP contribution in [0, 0.1) is 0 Å². The highest BCUT2D eigenvalue weighted by Gasteiger charge is 2.25. The van der Waals surface area contributed by atoms with Crippen molar-refractivity contribution in [2.45, 2.75) is 31.1 Å². The van der Waals surface area contributed by atoms with Crippen molar-refractivity contribution in [3.63, 3.8) is 0 Å². The molecule has 28 heavy (non-hydrogen) atoms. The van der Waals surface area contributed by atoms with E-state index in [1.54, 1.807) is 41.2 Å². The largest absolute Gasteiger partial charge is 0.338 e. The molecule has 1 aliphatic rings. The third-order valence-electron chi connectivity index (χ3n) is 4.91. The smallest absolute Gasteiger partial charge is 0.255 e. The number of amides is 2. The molecule has 1 saturated heterocycles. The second-order valence-corrected chi connectivity index (χ2v) is 9.03. The van der Waals surface area contributed by atoms with Gasteiger partial charge in [0.2, 0.25) is 5.91 Å². The molecular formula is C22H27N3O2S. The van der Waals surface area contributed by atoms with Gasteiger partial charge in [-0.05, 0) is 35.2 Å². The molecule has 0 atom stereocenters. The summed E-state index contributed by atoms with van der Waals surface area (Å²) < 4.78 is 0. The predicted molar refractivity (Wildman–Crippen MR) is 113 cm³/mol. The molecule has 0 aliphatic carbocycles. The number of piperazine rings is 1. The van der Waals surface area contributed by atoms with Crippen molar-refractivity contribution in [3.05, 3.63) is 59.9 Å². The Bertz CT molecular complexity index is 808. The van der Waals surface area contributed by atoms with Gasteiger partial charge >= 0.3 is 0 Å². The lowest BCUT2D eigenvalue weighted by Crippen LogP contribution is -2.51. The van der Waals surface area contributed by atoms with Gasteiger partial charge in [0, 0.05) is 43.5 Å². The third kappa shape index (κ3) is 5.13. The Kier molecular flexibility index (Phi) is 6.39. The van der Waals surface area contributed by atoms with Crippen LogP contribution in [0.1, 0.15) is 36.7 Å². The van der Waals surface area contributed by atoms with Crippen LogP contribution in [0.25, 0.3) is 0 Å². The number of hydrogen-bond acceptors (Lipinski definition) is 4. The monoisotopic (exact) mass is 397 g/mol. The van der Waals surface area contributed by atoms with Crippen molar-refractivity contribution in [2.24, 2.45) is 0 Å². The van der Waals surface area contributed by atoms with E-state index in [1.807, 2.05) is 4.90 Å². The molecule has 3 rings (SSSR count). The minimum atomic E-state index is -0.0199. The lowest BCUT2D eigenvalue weighted by atomic mass is 9.87. The van der Waals surface area contributed by atoms with Crippen LogP contribution in [0.4, 0.5) is 0 Å². The van der Waals surface area contributed by atoms with Gasteiger partial charge in [0.25, 0.3) is 5.91 Å². The van der Waals surface area contributed by atoms with Gasteiger partial charge in [-0.2, -0.15) is 0 Å². The second kappa shape index (κ2) is 8.78. The van der Waals surface area contributed by atoms with E-state index in [4.69, 9.17) is 0 Å². The van der Waals surface area contributed by atoms with Crippen LogP contribution < -0.4 is 0 Å². The standard InChI is InChI=1S/C22H27N3O2S/c1-22(2,3)18-6-8-19(9-7-18)28-16-20(26)24-11-13-25(14-12-24)21(27)17-5-4-10-23-15-17/h4-10,15H,11-14,16H2,1-3H3. The first-order chi connectivity index (χ1) is 13.3. The van der Waals surface area contributed by atoms with Crippen LogP contribution in [0.3, 0.4) is 0 Å². The highest BCUT2D eigenvalue weighted by atomic mass is 32.2. The highest BCUT2D eigenvalue weighted by molar-refractivity contribution is 8.00. The number of pyridine rings is 1. The second-order valence-electron chi connectivity index (χ2n) is 7.98. The fourth-order valence-electron chi connectivity index (χ4n) is 3.12. The first kappa shape index (κ1) is 20.4. The number of hydrogen-bond donors (Lipinski definition) is 0. The Morgan fingerprint density at radius 1 is 1.00 bits per heavy atom. The summed E-state index contributed by atoms with van der Waals surface area (Å²) >= 11 is 1.57.